The Bertz CT molecular complexity index is 1160. The monoisotopic (exact) mass is 436 g/mol. The standard InChI is InChI=1S/C19H9ClF4N4O2/c20-14-6-5-12(7-13(14)19(22,23)24)26-27-16(9-25)18(29)15-8-17(30-28-15)10-1-3-11(21)4-2-10/h1-8,26H. The van der Waals surface area contributed by atoms with Crippen molar-refractivity contribution in [1.82, 2.24) is 5.16 Å². The number of ketones is 1. The molecule has 0 bridgehead atoms. The number of nitrogens with zero attached hydrogens (tertiary/aromatic N) is 3. The van der Waals surface area contributed by atoms with Crippen LogP contribution in [0.5, 0.6) is 0 Å². The summed E-state index contributed by atoms with van der Waals surface area (Å²) in [7, 11) is 0. The van der Waals surface area contributed by atoms with Crippen molar-refractivity contribution in [2.24, 2.45) is 5.10 Å². The van der Waals surface area contributed by atoms with Crippen molar-refractivity contribution in [2.45, 2.75) is 6.18 Å². The van der Waals surface area contributed by atoms with E-state index in [2.05, 4.69) is 15.7 Å². The molecule has 1 heterocycles. The molecule has 1 N–H and O–H groups in total. The fraction of sp³-hybridized carbons (Fsp3) is 0.0526. The van der Waals surface area contributed by atoms with Gasteiger partial charge < -0.3 is 4.52 Å². The average Bonchev–Trinajstić information content (AvgIpc) is 3.19. The Morgan fingerprint density at radius 2 is 1.87 bits per heavy atom. The summed E-state index contributed by atoms with van der Waals surface area (Å²) < 4.78 is 56.8. The van der Waals surface area contributed by atoms with Gasteiger partial charge in [-0.15, -0.1) is 0 Å². The Hall–Kier alpha value is -3.71. The fourth-order valence-electron chi connectivity index (χ4n) is 2.31. The van der Waals surface area contributed by atoms with Gasteiger partial charge in [0.2, 0.25) is 11.5 Å². The van der Waals surface area contributed by atoms with Gasteiger partial charge in [-0.2, -0.15) is 23.5 Å². The van der Waals surface area contributed by atoms with E-state index < -0.39 is 34.1 Å². The third-order valence-electron chi connectivity index (χ3n) is 3.76. The lowest BCUT2D eigenvalue weighted by Crippen LogP contribution is -2.14. The number of aromatic nitrogens is 1. The van der Waals surface area contributed by atoms with Crippen molar-refractivity contribution < 1.29 is 26.9 Å². The number of rotatable bonds is 5. The molecule has 0 spiro atoms. The maximum Gasteiger partial charge on any atom is 0.417 e. The van der Waals surface area contributed by atoms with Gasteiger partial charge in [-0.25, -0.2) is 4.39 Å². The quantitative estimate of drug-likeness (QED) is 0.253. The number of hydrogen-bond acceptors (Lipinski definition) is 6. The van der Waals surface area contributed by atoms with Crippen molar-refractivity contribution in [2.75, 3.05) is 5.43 Å². The molecular weight excluding hydrogens is 428 g/mol. The smallest absolute Gasteiger partial charge is 0.356 e. The summed E-state index contributed by atoms with van der Waals surface area (Å²) in [4.78, 5) is 12.4. The lowest BCUT2D eigenvalue weighted by Gasteiger charge is -2.10. The van der Waals surface area contributed by atoms with Crippen LogP contribution in [0.1, 0.15) is 16.1 Å². The van der Waals surface area contributed by atoms with E-state index in [1.54, 1.807) is 6.07 Å². The number of alkyl halides is 3. The highest BCUT2D eigenvalue weighted by molar-refractivity contribution is 6.51. The topological polar surface area (TPSA) is 91.3 Å². The zero-order chi connectivity index (χ0) is 21.9. The first-order valence-electron chi connectivity index (χ1n) is 8.07. The molecule has 3 rings (SSSR count). The highest BCUT2D eigenvalue weighted by atomic mass is 35.5. The van der Waals surface area contributed by atoms with Gasteiger partial charge in [-0.05, 0) is 42.5 Å². The minimum atomic E-state index is -4.69. The molecule has 152 valence electrons. The number of carbonyl (C=O) groups excluding carboxylic acids is 1. The predicted molar refractivity (Wildman–Crippen MR) is 99.4 cm³/mol. The lowest BCUT2D eigenvalue weighted by atomic mass is 10.1. The molecule has 0 saturated carbocycles. The number of halogens is 5. The first kappa shape index (κ1) is 21.0. The maximum atomic E-state index is 13.0. The van der Waals surface area contributed by atoms with E-state index in [0.717, 1.165) is 6.07 Å². The number of hydrazone groups is 1. The second-order valence-electron chi connectivity index (χ2n) is 5.79. The Labute approximate surface area is 171 Å². The summed E-state index contributed by atoms with van der Waals surface area (Å²) in [6, 6.07) is 10.8. The molecule has 0 unspecified atom stereocenters. The molecule has 30 heavy (non-hydrogen) atoms. The van der Waals surface area contributed by atoms with Gasteiger partial charge in [0.25, 0.3) is 0 Å². The molecule has 0 fully saturated rings. The normalized spacial score (nSPS) is 11.8. The summed E-state index contributed by atoms with van der Waals surface area (Å²) in [5.74, 6) is -1.24. The lowest BCUT2D eigenvalue weighted by molar-refractivity contribution is -0.137. The third-order valence-corrected chi connectivity index (χ3v) is 4.09. The van der Waals surface area contributed by atoms with Gasteiger partial charge in [0.05, 0.1) is 16.3 Å². The largest absolute Gasteiger partial charge is 0.417 e. The van der Waals surface area contributed by atoms with Crippen molar-refractivity contribution in [3.63, 3.8) is 0 Å². The van der Waals surface area contributed by atoms with Crippen molar-refractivity contribution >= 4 is 28.8 Å². The Balaban J connectivity index is 1.81. The molecule has 1 aromatic heterocycles. The SMILES string of the molecule is N#CC(=NNc1ccc(Cl)c(C(F)(F)F)c1)C(=O)c1cc(-c2ccc(F)cc2)on1. The Morgan fingerprint density at radius 1 is 1.17 bits per heavy atom. The van der Waals surface area contributed by atoms with Crippen LogP contribution in [0.15, 0.2) is 58.2 Å². The molecule has 0 aliphatic heterocycles. The van der Waals surface area contributed by atoms with Crippen LogP contribution in [-0.4, -0.2) is 16.7 Å². The van der Waals surface area contributed by atoms with Crippen molar-refractivity contribution in [1.29, 1.82) is 5.26 Å². The van der Waals surface area contributed by atoms with Crippen LogP contribution in [0.2, 0.25) is 5.02 Å². The van der Waals surface area contributed by atoms with Gasteiger partial charge in [0.15, 0.2) is 11.5 Å². The van der Waals surface area contributed by atoms with Gasteiger partial charge >= 0.3 is 6.18 Å². The van der Waals surface area contributed by atoms with E-state index in [1.807, 2.05) is 0 Å². The second-order valence-corrected chi connectivity index (χ2v) is 6.20. The molecular formula is C19H9ClF4N4O2. The van der Waals surface area contributed by atoms with Gasteiger partial charge in [0, 0.05) is 11.6 Å². The zero-order valence-corrected chi connectivity index (χ0v) is 15.4. The second kappa shape index (κ2) is 8.34. The molecule has 0 saturated heterocycles. The molecule has 0 aliphatic rings. The first-order valence-corrected chi connectivity index (χ1v) is 8.44. The summed E-state index contributed by atoms with van der Waals surface area (Å²) >= 11 is 5.53. The van der Waals surface area contributed by atoms with E-state index in [9.17, 15) is 27.6 Å². The van der Waals surface area contributed by atoms with Gasteiger partial charge in [-0.1, -0.05) is 16.8 Å². The maximum absolute atomic E-state index is 13.0. The van der Waals surface area contributed by atoms with Crippen LogP contribution < -0.4 is 5.43 Å². The number of hydrogen-bond donors (Lipinski definition) is 1. The molecule has 11 heteroatoms. The number of nitriles is 1. The molecule has 0 atom stereocenters. The summed E-state index contributed by atoms with van der Waals surface area (Å²) in [6.07, 6.45) is -4.69. The molecule has 2 aromatic carbocycles. The van der Waals surface area contributed by atoms with E-state index in [1.165, 1.54) is 36.4 Å². The van der Waals surface area contributed by atoms with E-state index in [0.29, 0.717) is 11.6 Å². The number of Topliss-reactive ketones (excluding diaryl/α,β-unsaturated/α-hetero) is 1. The highest BCUT2D eigenvalue weighted by Gasteiger charge is 2.33. The Morgan fingerprint density at radius 3 is 2.50 bits per heavy atom. The fourth-order valence-corrected chi connectivity index (χ4v) is 2.54. The number of anilines is 1. The van der Waals surface area contributed by atoms with Crippen molar-refractivity contribution in [3.8, 4) is 17.4 Å². The molecule has 0 aliphatic carbocycles. The van der Waals surface area contributed by atoms with Crippen LogP contribution in [0.4, 0.5) is 23.2 Å². The summed E-state index contributed by atoms with van der Waals surface area (Å²) in [6.45, 7) is 0. The minimum Gasteiger partial charge on any atom is -0.356 e. The number of benzene rings is 2. The van der Waals surface area contributed by atoms with Crippen LogP contribution >= 0.6 is 11.6 Å². The van der Waals surface area contributed by atoms with Crippen LogP contribution in [-0.2, 0) is 6.18 Å². The van der Waals surface area contributed by atoms with Crippen LogP contribution in [0, 0.1) is 17.1 Å². The van der Waals surface area contributed by atoms with Crippen molar-refractivity contribution in [3.05, 3.63) is 70.6 Å². The number of carbonyl (C=O) groups is 1. The summed E-state index contributed by atoms with van der Waals surface area (Å²) in [5.41, 5.74) is 0.487. The average molecular weight is 437 g/mol. The van der Waals surface area contributed by atoms with Crippen LogP contribution in [0.25, 0.3) is 11.3 Å². The Kier molecular flexibility index (Phi) is 5.84. The predicted octanol–water partition coefficient (Wildman–Crippen LogP) is 5.33. The van der Waals surface area contributed by atoms with Crippen LogP contribution in [0.3, 0.4) is 0 Å². The molecule has 3 aromatic rings. The summed E-state index contributed by atoms with van der Waals surface area (Å²) in [5, 5.41) is 15.8. The number of nitrogens with one attached hydrogen (secondary N) is 1. The van der Waals surface area contributed by atoms with E-state index in [4.69, 9.17) is 16.1 Å². The van der Waals surface area contributed by atoms with E-state index >= 15 is 0 Å². The molecule has 0 amide bonds. The van der Waals surface area contributed by atoms with E-state index in [-0.39, 0.29) is 17.1 Å². The molecule has 6 nitrogen and oxygen atoms in total. The zero-order valence-electron chi connectivity index (χ0n) is 14.7. The minimum absolute atomic E-state index is 0.139. The molecule has 0 radical (unpaired) electrons. The first-order chi connectivity index (χ1) is 14.2. The van der Waals surface area contributed by atoms with Gasteiger partial charge in [-0.3, -0.25) is 10.2 Å². The highest BCUT2D eigenvalue weighted by Crippen LogP contribution is 2.36. The third kappa shape index (κ3) is 4.64. The van der Waals surface area contributed by atoms with Gasteiger partial charge in [0.1, 0.15) is 11.9 Å².